The largest absolute Gasteiger partial charge is 0.302 e. The summed E-state index contributed by atoms with van der Waals surface area (Å²) in [6, 6.07) is 23.3. The number of benzene rings is 3. The third-order valence-corrected chi connectivity index (χ3v) is 6.02. The highest BCUT2D eigenvalue weighted by molar-refractivity contribution is 7.99. The predicted octanol–water partition coefficient (Wildman–Crippen LogP) is 5.96. The van der Waals surface area contributed by atoms with Gasteiger partial charge in [-0.15, -0.1) is 10.2 Å². The van der Waals surface area contributed by atoms with Gasteiger partial charge < -0.3 is 4.57 Å². The van der Waals surface area contributed by atoms with Crippen LogP contribution in [0.15, 0.2) is 84.0 Å². The molecule has 0 fully saturated rings. The number of thioether (sulfide) groups is 1. The first-order valence-corrected chi connectivity index (χ1v) is 11.1. The molecule has 0 atom stereocenters. The lowest BCUT2D eigenvalue weighted by Gasteiger charge is -2.11. The quantitative estimate of drug-likeness (QED) is 0.245. The summed E-state index contributed by atoms with van der Waals surface area (Å²) in [7, 11) is 0. The molecule has 0 aliphatic heterocycles. The van der Waals surface area contributed by atoms with Crippen molar-refractivity contribution in [1.29, 1.82) is 0 Å². The van der Waals surface area contributed by atoms with E-state index in [0.29, 0.717) is 33.7 Å². The number of aromatic nitrogens is 3. The van der Waals surface area contributed by atoms with Gasteiger partial charge in [0.2, 0.25) is 0 Å². The molecule has 0 saturated carbocycles. The van der Waals surface area contributed by atoms with E-state index in [1.54, 1.807) is 42.5 Å². The van der Waals surface area contributed by atoms with Crippen molar-refractivity contribution >= 4 is 29.1 Å². The summed E-state index contributed by atoms with van der Waals surface area (Å²) in [6.45, 7) is 0.568. The molecule has 0 spiro atoms. The number of aryl methyl sites for hydroxylation is 1. The van der Waals surface area contributed by atoms with E-state index in [2.05, 4.69) is 10.2 Å². The minimum Gasteiger partial charge on any atom is -0.302 e. The number of carbonyl (C=O) groups is 1. The topological polar surface area (TPSA) is 47.8 Å². The molecule has 3 aromatic carbocycles. The van der Waals surface area contributed by atoms with E-state index >= 15 is 0 Å². The Morgan fingerprint density at radius 2 is 1.65 bits per heavy atom. The first kappa shape index (κ1) is 21.3. The summed E-state index contributed by atoms with van der Waals surface area (Å²) >= 11 is 7.20. The first-order chi connectivity index (χ1) is 15.1. The van der Waals surface area contributed by atoms with Gasteiger partial charge in [-0.05, 0) is 48.4 Å². The molecule has 0 aliphatic carbocycles. The van der Waals surface area contributed by atoms with Crippen molar-refractivity contribution < 1.29 is 9.18 Å². The lowest BCUT2D eigenvalue weighted by Crippen LogP contribution is -2.08. The second kappa shape index (κ2) is 9.90. The number of halogens is 2. The second-order valence-electron chi connectivity index (χ2n) is 6.89. The van der Waals surface area contributed by atoms with Crippen LogP contribution >= 0.6 is 23.4 Å². The number of ketones is 1. The molecule has 31 heavy (non-hydrogen) atoms. The molecule has 1 heterocycles. The van der Waals surface area contributed by atoms with Crippen LogP contribution in [-0.4, -0.2) is 26.3 Å². The van der Waals surface area contributed by atoms with Gasteiger partial charge in [0, 0.05) is 17.1 Å². The molecule has 4 rings (SSSR count). The van der Waals surface area contributed by atoms with Crippen molar-refractivity contribution in [3.8, 4) is 11.4 Å². The van der Waals surface area contributed by atoms with Crippen molar-refractivity contribution in [3.63, 3.8) is 0 Å². The van der Waals surface area contributed by atoms with E-state index in [0.717, 1.165) is 12.0 Å². The third-order valence-electron chi connectivity index (χ3n) is 4.80. The highest BCUT2D eigenvalue weighted by Gasteiger charge is 2.18. The van der Waals surface area contributed by atoms with Gasteiger partial charge >= 0.3 is 0 Å². The Labute approximate surface area is 189 Å². The van der Waals surface area contributed by atoms with E-state index < -0.39 is 0 Å². The smallest absolute Gasteiger partial charge is 0.191 e. The molecule has 0 unspecified atom stereocenters. The highest BCUT2D eigenvalue weighted by Crippen LogP contribution is 2.27. The average molecular weight is 452 g/mol. The Morgan fingerprint density at radius 3 is 2.39 bits per heavy atom. The van der Waals surface area contributed by atoms with Crippen LogP contribution in [0.3, 0.4) is 0 Å². The van der Waals surface area contributed by atoms with E-state index in [1.165, 1.54) is 17.8 Å². The minimum atomic E-state index is -0.357. The predicted molar refractivity (Wildman–Crippen MR) is 122 cm³/mol. The fraction of sp³-hybridized carbons (Fsp3) is 0.125. The molecule has 156 valence electrons. The van der Waals surface area contributed by atoms with Crippen LogP contribution in [0.25, 0.3) is 11.4 Å². The number of nitrogens with zero attached hydrogens (tertiary/aromatic N) is 3. The Morgan fingerprint density at radius 1 is 0.935 bits per heavy atom. The molecule has 4 nitrogen and oxygen atoms in total. The summed E-state index contributed by atoms with van der Waals surface area (Å²) < 4.78 is 16.3. The second-order valence-corrected chi connectivity index (χ2v) is 8.27. The molecule has 0 bridgehead atoms. The molecule has 0 aliphatic rings. The third kappa shape index (κ3) is 5.21. The van der Waals surface area contributed by atoms with Crippen molar-refractivity contribution in [1.82, 2.24) is 14.8 Å². The van der Waals surface area contributed by atoms with E-state index in [-0.39, 0.29) is 17.4 Å². The summed E-state index contributed by atoms with van der Waals surface area (Å²) in [4.78, 5) is 12.6. The van der Waals surface area contributed by atoms with Crippen LogP contribution in [0.2, 0.25) is 5.02 Å². The van der Waals surface area contributed by atoms with E-state index in [1.807, 2.05) is 34.9 Å². The summed E-state index contributed by atoms with van der Waals surface area (Å²) in [6.07, 6.45) is 0.735. The fourth-order valence-electron chi connectivity index (χ4n) is 3.17. The Bertz CT molecular complexity index is 1180. The first-order valence-electron chi connectivity index (χ1n) is 9.75. The van der Waals surface area contributed by atoms with Gasteiger partial charge in [0.05, 0.1) is 11.3 Å². The van der Waals surface area contributed by atoms with Gasteiger partial charge in [0.15, 0.2) is 16.8 Å². The van der Waals surface area contributed by atoms with Crippen LogP contribution in [0.5, 0.6) is 0 Å². The maximum Gasteiger partial charge on any atom is 0.191 e. The lowest BCUT2D eigenvalue weighted by atomic mass is 10.1. The molecule has 0 saturated heterocycles. The Kier molecular flexibility index (Phi) is 6.79. The van der Waals surface area contributed by atoms with Crippen molar-refractivity contribution in [2.75, 3.05) is 5.75 Å². The fourth-order valence-corrected chi connectivity index (χ4v) is 4.16. The lowest BCUT2D eigenvalue weighted by molar-refractivity contribution is 0.102. The number of hydrogen-bond donors (Lipinski definition) is 0. The molecule has 1 aromatic heterocycles. The zero-order valence-corrected chi connectivity index (χ0v) is 18.1. The van der Waals surface area contributed by atoms with Crippen LogP contribution in [0, 0.1) is 5.82 Å². The Hall–Kier alpha value is -2.96. The summed E-state index contributed by atoms with van der Waals surface area (Å²) in [5, 5.41) is 9.67. The van der Waals surface area contributed by atoms with E-state index in [9.17, 15) is 9.18 Å². The van der Waals surface area contributed by atoms with Crippen LogP contribution in [0.4, 0.5) is 4.39 Å². The van der Waals surface area contributed by atoms with Crippen molar-refractivity contribution in [2.45, 2.75) is 18.1 Å². The number of Topliss-reactive ketones (excluding diaryl/α,β-unsaturated/α-hetero) is 1. The number of hydrogen-bond acceptors (Lipinski definition) is 4. The monoisotopic (exact) mass is 451 g/mol. The highest BCUT2D eigenvalue weighted by atomic mass is 35.5. The van der Waals surface area contributed by atoms with Gasteiger partial charge in [0.25, 0.3) is 0 Å². The molecule has 0 radical (unpaired) electrons. The maximum atomic E-state index is 14.4. The van der Waals surface area contributed by atoms with Crippen molar-refractivity contribution in [2.24, 2.45) is 0 Å². The van der Waals surface area contributed by atoms with Gasteiger partial charge in [0.1, 0.15) is 5.82 Å². The molecule has 4 aromatic rings. The van der Waals surface area contributed by atoms with Crippen LogP contribution in [-0.2, 0) is 13.0 Å². The van der Waals surface area contributed by atoms with E-state index in [4.69, 9.17) is 11.6 Å². The number of rotatable bonds is 8. The molecular weight excluding hydrogens is 433 g/mol. The Balaban J connectivity index is 1.58. The average Bonchev–Trinajstić information content (AvgIpc) is 3.20. The standard InChI is InChI=1S/C24H19ClFN3OS/c25-19-12-10-18(11-13-19)22(30)16-31-24-28-27-23(20-8-4-5-9-21(20)26)29(24)15-14-17-6-2-1-3-7-17/h1-13H,14-16H2. The zero-order chi connectivity index (χ0) is 21.6. The van der Waals surface area contributed by atoms with Gasteiger partial charge in [-0.25, -0.2) is 4.39 Å². The number of carbonyl (C=O) groups excluding carboxylic acids is 1. The zero-order valence-electron chi connectivity index (χ0n) is 16.5. The van der Waals surface area contributed by atoms with Crippen molar-refractivity contribution in [3.05, 3.63) is 101 Å². The summed E-state index contributed by atoms with van der Waals surface area (Å²) in [5.41, 5.74) is 2.13. The molecule has 0 amide bonds. The molecule has 0 N–H and O–H groups in total. The minimum absolute atomic E-state index is 0.0354. The van der Waals surface area contributed by atoms with Gasteiger partial charge in [-0.2, -0.15) is 0 Å². The van der Waals surface area contributed by atoms with Crippen LogP contribution < -0.4 is 0 Å². The van der Waals surface area contributed by atoms with Gasteiger partial charge in [-0.1, -0.05) is 65.8 Å². The molecule has 7 heteroatoms. The van der Waals surface area contributed by atoms with Gasteiger partial charge in [-0.3, -0.25) is 4.79 Å². The van der Waals surface area contributed by atoms with Crippen LogP contribution in [0.1, 0.15) is 15.9 Å². The SMILES string of the molecule is O=C(CSc1nnc(-c2ccccc2F)n1CCc1ccccc1)c1ccc(Cl)cc1. The normalized spacial score (nSPS) is 10.9. The maximum absolute atomic E-state index is 14.4. The summed E-state index contributed by atoms with van der Waals surface area (Å²) in [5.74, 6) is 0.259. The molecular formula is C24H19ClFN3OS.